The summed E-state index contributed by atoms with van der Waals surface area (Å²) in [5, 5.41) is 0. The van der Waals surface area contributed by atoms with Crippen molar-refractivity contribution in [2.24, 2.45) is 0 Å². The molecule has 5 nitrogen and oxygen atoms in total. The van der Waals surface area contributed by atoms with Gasteiger partial charge in [0.2, 0.25) is 5.91 Å². The Kier molecular flexibility index (Phi) is 6.76. The second-order valence-corrected chi connectivity index (χ2v) is 5.68. The number of hydrogen-bond donors (Lipinski definition) is 0. The zero-order valence-corrected chi connectivity index (χ0v) is 12.7. The molecule has 5 heteroatoms. The molecule has 2 saturated heterocycles. The Morgan fingerprint density at radius 1 is 1.25 bits per heavy atom. The third-order valence-electron chi connectivity index (χ3n) is 3.96. The highest BCUT2D eigenvalue weighted by molar-refractivity contribution is 5.78. The van der Waals surface area contributed by atoms with Crippen LogP contribution in [0.15, 0.2) is 0 Å². The number of amides is 1. The molecule has 0 bridgehead atoms. The van der Waals surface area contributed by atoms with Gasteiger partial charge in [-0.1, -0.05) is 6.92 Å². The third kappa shape index (κ3) is 5.04. The first-order valence-corrected chi connectivity index (χ1v) is 8.03. The highest BCUT2D eigenvalue weighted by atomic mass is 16.7. The van der Waals surface area contributed by atoms with Crippen LogP contribution in [-0.4, -0.2) is 67.9 Å². The van der Waals surface area contributed by atoms with E-state index in [-0.39, 0.29) is 12.2 Å². The fourth-order valence-electron chi connectivity index (χ4n) is 2.83. The summed E-state index contributed by atoms with van der Waals surface area (Å²) in [6.07, 6.45) is 5.41. The van der Waals surface area contributed by atoms with Gasteiger partial charge in [-0.15, -0.1) is 0 Å². The molecule has 0 aromatic carbocycles. The summed E-state index contributed by atoms with van der Waals surface area (Å²) in [4.78, 5) is 16.3. The number of hydrogen-bond acceptors (Lipinski definition) is 4. The summed E-state index contributed by atoms with van der Waals surface area (Å²) < 4.78 is 11.3. The second kappa shape index (κ2) is 8.60. The molecular formula is C15H28N2O3. The summed E-state index contributed by atoms with van der Waals surface area (Å²) >= 11 is 0. The summed E-state index contributed by atoms with van der Waals surface area (Å²) in [5.41, 5.74) is 0. The van der Waals surface area contributed by atoms with Crippen molar-refractivity contribution >= 4 is 5.91 Å². The number of carbonyl (C=O) groups is 1. The molecule has 2 aliphatic heterocycles. The van der Waals surface area contributed by atoms with Crippen LogP contribution >= 0.6 is 0 Å². The van der Waals surface area contributed by atoms with Gasteiger partial charge in [-0.2, -0.15) is 0 Å². The summed E-state index contributed by atoms with van der Waals surface area (Å²) in [5.74, 6) is 0.262. The van der Waals surface area contributed by atoms with E-state index in [1.54, 1.807) is 0 Å². The van der Waals surface area contributed by atoms with Crippen LogP contribution in [0.2, 0.25) is 0 Å². The summed E-state index contributed by atoms with van der Waals surface area (Å²) in [7, 11) is 0. The van der Waals surface area contributed by atoms with Crippen molar-refractivity contribution in [2.45, 2.75) is 45.3 Å². The first kappa shape index (κ1) is 15.7. The molecule has 1 atom stereocenters. The van der Waals surface area contributed by atoms with Crippen LogP contribution in [0.5, 0.6) is 0 Å². The molecule has 0 aliphatic carbocycles. The number of ether oxygens (including phenoxy) is 2. The standard InChI is InChI=1S/C15H28N2O3/c1-2-7-17-9-5-8-16(13-14(17)18)10-12-20-15-6-3-4-11-19-15/h15H,2-13H2,1H3/t15-/m0/s1. The molecule has 0 spiro atoms. The van der Waals surface area contributed by atoms with Crippen LogP contribution < -0.4 is 0 Å². The second-order valence-electron chi connectivity index (χ2n) is 5.68. The fraction of sp³-hybridized carbons (Fsp3) is 0.933. The van der Waals surface area contributed by atoms with Crippen LogP contribution in [-0.2, 0) is 14.3 Å². The Hall–Kier alpha value is -0.650. The minimum absolute atomic E-state index is 0.0250. The van der Waals surface area contributed by atoms with Gasteiger partial charge in [0, 0.05) is 32.8 Å². The van der Waals surface area contributed by atoms with Crippen LogP contribution in [0, 0.1) is 0 Å². The van der Waals surface area contributed by atoms with E-state index in [0.29, 0.717) is 13.2 Å². The average molecular weight is 284 g/mol. The maximum Gasteiger partial charge on any atom is 0.236 e. The van der Waals surface area contributed by atoms with Crippen molar-refractivity contribution < 1.29 is 14.3 Å². The molecule has 0 saturated carbocycles. The minimum atomic E-state index is -0.0250. The highest BCUT2D eigenvalue weighted by Crippen LogP contribution is 2.13. The SMILES string of the molecule is CCCN1CCCN(CCO[C@H]2CCCCO2)CC1=O. The maximum atomic E-state index is 12.1. The van der Waals surface area contributed by atoms with Gasteiger partial charge >= 0.3 is 0 Å². The molecule has 2 aliphatic rings. The number of nitrogens with zero attached hydrogens (tertiary/aromatic N) is 2. The lowest BCUT2D eigenvalue weighted by Gasteiger charge is -2.25. The molecule has 116 valence electrons. The first-order valence-electron chi connectivity index (χ1n) is 8.03. The van der Waals surface area contributed by atoms with Crippen molar-refractivity contribution in [1.82, 2.24) is 9.80 Å². The van der Waals surface area contributed by atoms with Crippen molar-refractivity contribution in [3.05, 3.63) is 0 Å². The van der Waals surface area contributed by atoms with E-state index in [4.69, 9.17) is 9.47 Å². The average Bonchev–Trinajstić information content (AvgIpc) is 2.63. The predicted molar refractivity (Wildman–Crippen MR) is 77.5 cm³/mol. The van der Waals surface area contributed by atoms with Gasteiger partial charge in [0.1, 0.15) is 0 Å². The molecule has 1 amide bonds. The fourth-order valence-corrected chi connectivity index (χ4v) is 2.83. The Morgan fingerprint density at radius 2 is 2.15 bits per heavy atom. The van der Waals surface area contributed by atoms with Gasteiger partial charge in [0.05, 0.1) is 13.2 Å². The Labute approximate surface area is 122 Å². The third-order valence-corrected chi connectivity index (χ3v) is 3.96. The molecule has 0 aromatic rings. The van der Waals surface area contributed by atoms with Gasteiger partial charge in [-0.05, 0) is 32.1 Å². The molecule has 2 heterocycles. The molecule has 0 radical (unpaired) electrons. The van der Waals surface area contributed by atoms with E-state index in [2.05, 4.69) is 11.8 Å². The van der Waals surface area contributed by atoms with E-state index in [0.717, 1.165) is 58.5 Å². The largest absolute Gasteiger partial charge is 0.353 e. The topological polar surface area (TPSA) is 42.0 Å². The van der Waals surface area contributed by atoms with Gasteiger partial charge in [-0.3, -0.25) is 9.69 Å². The predicted octanol–water partition coefficient (Wildman–Crippen LogP) is 1.47. The van der Waals surface area contributed by atoms with E-state index < -0.39 is 0 Å². The number of rotatable bonds is 6. The van der Waals surface area contributed by atoms with E-state index in [9.17, 15) is 4.79 Å². The molecule has 0 aromatic heterocycles. The first-order chi connectivity index (χ1) is 9.79. The Bertz CT molecular complexity index is 293. The lowest BCUT2D eigenvalue weighted by atomic mass is 10.2. The van der Waals surface area contributed by atoms with Crippen LogP contribution in [0.25, 0.3) is 0 Å². The molecule has 2 rings (SSSR count). The maximum absolute atomic E-state index is 12.1. The molecule has 0 N–H and O–H groups in total. The van der Waals surface area contributed by atoms with E-state index >= 15 is 0 Å². The van der Waals surface area contributed by atoms with Crippen molar-refractivity contribution in [1.29, 1.82) is 0 Å². The lowest BCUT2D eigenvalue weighted by molar-refractivity contribution is -0.164. The molecule has 0 unspecified atom stereocenters. The van der Waals surface area contributed by atoms with Crippen LogP contribution in [0.3, 0.4) is 0 Å². The molecule has 20 heavy (non-hydrogen) atoms. The van der Waals surface area contributed by atoms with Gasteiger partial charge in [0.25, 0.3) is 0 Å². The normalized spacial score (nSPS) is 25.8. The summed E-state index contributed by atoms with van der Waals surface area (Å²) in [6, 6.07) is 0. The molecular weight excluding hydrogens is 256 g/mol. The molecule has 2 fully saturated rings. The van der Waals surface area contributed by atoms with Gasteiger partial charge in [0.15, 0.2) is 6.29 Å². The van der Waals surface area contributed by atoms with E-state index in [1.807, 2.05) is 4.90 Å². The Balaban J connectivity index is 1.66. The smallest absolute Gasteiger partial charge is 0.236 e. The van der Waals surface area contributed by atoms with Crippen LogP contribution in [0.1, 0.15) is 39.0 Å². The minimum Gasteiger partial charge on any atom is -0.353 e. The number of carbonyl (C=O) groups excluding carboxylic acids is 1. The van der Waals surface area contributed by atoms with Crippen molar-refractivity contribution in [2.75, 3.05) is 45.9 Å². The highest BCUT2D eigenvalue weighted by Gasteiger charge is 2.21. The quantitative estimate of drug-likeness (QED) is 0.741. The van der Waals surface area contributed by atoms with Gasteiger partial charge < -0.3 is 14.4 Å². The lowest BCUT2D eigenvalue weighted by Crippen LogP contribution is -2.38. The van der Waals surface area contributed by atoms with Crippen molar-refractivity contribution in [3.8, 4) is 0 Å². The van der Waals surface area contributed by atoms with E-state index in [1.165, 1.54) is 6.42 Å². The van der Waals surface area contributed by atoms with Gasteiger partial charge in [-0.25, -0.2) is 0 Å². The zero-order chi connectivity index (χ0) is 14.2. The van der Waals surface area contributed by atoms with Crippen molar-refractivity contribution in [3.63, 3.8) is 0 Å². The zero-order valence-electron chi connectivity index (χ0n) is 12.7. The summed E-state index contributed by atoms with van der Waals surface area (Å²) in [6.45, 7) is 7.73. The Morgan fingerprint density at radius 3 is 2.90 bits per heavy atom. The monoisotopic (exact) mass is 284 g/mol. The van der Waals surface area contributed by atoms with Crippen LogP contribution in [0.4, 0.5) is 0 Å².